The Morgan fingerprint density at radius 1 is 1.46 bits per heavy atom. The Kier molecular flexibility index (Phi) is 1.91. The molecule has 0 fully saturated rings. The molecule has 1 aromatic carbocycles. The van der Waals surface area contributed by atoms with Crippen molar-refractivity contribution in [3.63, 3.8) is 0 Å². The highest BCUT2D eigenvalue weighted by Gasteiger charge is 2.25. The molecule has 1 unspecified atom stereocenters. The summed E-state index contributed by atoms with van der Waals surface area (Å²) in [4.78, 5) is 2.27. The maximum atomic E-state index is 5.69. The summed E-state index contributed by atoms with van der Waals surface area (Å²) in [7, 11) is 0. The van der Waals surface area contributed by atoms with E-state index >= 15 is 0 Å². The summed E-state index contributed by atoms with van der Waals surface area (Å²) < 4.78 is 5.69. The molecular formula is C11H15NO. The van der Waals surface area contributed by atoms with E-state index in [4.69, 9.17) is 4.74 Å². The third-order valence-corrected chi connectivity index (χ3v) is 2.50. The number of hydrogen-bond donors (Lipinski definition) is 0. The van der Waals surface area contributed by atoms with Gasteiger partial charge in [-0.3, -0.25) is 0 Å². The van der Waals surface area contributed by atoms with Crippen molar-refractivity contribution < 1.29 is 4.74 Å². The molecule has 2 rings (SSSR count). The average molecular weight is 177 g/mol. The van der Waals surface area contributed by atoms with Crippen molar-refractivity contribution >= 4 is 5.69 Å². The summed E-state index contributed by atoms with van der Waals surface area (Å²) >= 11 is 0. The Bertz CT molecular complexity index is 322. The molecule has 0 bridgehead atoms. The van der Waals surface area contributed by atoms with Gasteiger partial charge in [-0.2, -0.15) is 0 Å². The van der Waals surface area contributed by atoms with Crippen LogP contribution >= 0.6 is 0 Å². The van der Waals surface area contributed by atoms with Gasteiger partial charge in [0.15, 0.2) is 6.23 Å². The number of anilines is 1. The van der Waals surface area contributed by atoms with Crippen LogP contribution in [0.1, 0.15) is 19.4 Å². The molecule has 0 aromatic heterocycles. The third-order valence-electron chi connectivity index (χ3n) is 2.50. The van der Waals surface area contributed by atoms with Crippen LogP contribution in [0.25, 0.3) is 0 Å². The number of fused-ring (bicyclic) bond motifs is 1. The lowest BCUT2D eigenvalue weighted by Gasteiger charge is -2.19. The Labute approximate surface area is 79.1 Å². The molecule has 1 heterocycles. The monoisotopic (exact) mass is 177 g/mol. The zero-order valence-electron chi connectivity index (χ0n) is 8.37. The van der Waals surface area contributed by atoms with Crippen molar-refractivity contribution in [3.8, 4) is 5.75 Å². The van der Waals surface area contributed by atoms with Crippen molar-refractivity contribution in [2.45, 2.75) is 27.0 Å². The van der Waals surface area contributed by atoms with Gasteiger partial charge in [-0.15, -0.1) is 0 Å². The van der Waals surface area contributed by atoms with Crippen LogP contribution in [0, 0.1) is 6.92 Å². The lowest BCUT2D eigenvalue weighted by molar-refractivity contribution is 0.246. The van der Waals surface area contributed by atoms with Crippen LogP contribution in [-0.4, -0.2) is 12.8 Å². The van der Waals surface area contributed by atoms with Gasteiger partial charge in [-0.25, -0.2) is 0 Å². The highest BCUT2D eigenvalue weighted by atomic mass is 16.5. The fraction of sp³-hybridized carbons (Fsp3) is 0.455. The van der Waals surface area contributed by atoms with E-state index in [1.54, 1.807) is 0 Å². The van der Waals surface area contributed by atoms with Crippen LogP contribution in [0.5, 0.6) is 5.75 Å². The van der Waals surface area contributed by atoms with Gasteiger partial charge < -0.3 is 9.64 Å². The number of nitrogens with zero attached hydrogens (tertiary/aromatic N) is 1. The van der Waals surface area contributed by atoms with Crippen LogP contribution in [0.4, 0.5) is 5.69 Å². The van der Waals surface area contributed by atoms with E-state index < -0.39 is 0 Å². The normalized spacial score (nSPS) is 19.9. The molecule has 0 aliphatic carbocycles. The molecule has 0 amide bonds. The topological polar surface area (TPSA) is 12.5 Å². The zero-order valence-corrected chi connectivity index (χ0v) is 8.37. The van der Waals surface area contributed by atoms with Gasteiger partial charge in [0.2, 0.25) is 0 Å². The van der Waals surface area contributed by atoms with Crippen molar-refractivity contribution in [3.05, 3.63) is 23.8 Å². The fourth-order valence-electron chi connectivity index (χ4n) is 1.82. The predicted octanol–water partition coefficient (Wildman–Crippen LogP) is 2.56. The van der Waals surface area contributed by atoms with Gasteiger partial charge in [-0.05, 0) is 38.5 Å². The first-order valence-corrected chi connectivity index (χ1v) is 4.76. The van der Waals surface area contributed by atoms with Gasteiger partial charge >= 0.3 is 0 Å². The molecule has 1 aliphatic rings. The van der Waals surface area contributed by atoms with Crippen molar-refractivity contribution in [2.24, 2.45) is 0 Å². The molecule has 1 aromatic rings. The summed E-state index contributed by atoms with van der Waals surface area (Å²) in [5, 5.41) is 0. The van der Waals surface area contributed by atoms with Crippen molar-refractivity contribution in [2.75, 3.05) is 11.4 Å². The SMILES string of the molecule is CCN1c2cc(C)ccc2OC1C. The largest absolute Gasteiger partial charge is 0.469 e. The first kappa shape index (κ1) is 8.42. The van der Waals surface area contributed by atoms with Gasteiger partial charge in [0.1, 0.15) is 5.75 Å². The number of ether oxygens (including phenoxy) is 1. The zero-order chi connectivity index (χ0) is 9.42. The lowest BCUT2D eigenvalue weighted by atomic mass is 10.2. The number of rotatable bonds is 1. The second-order valence-corrected chi connectivity index (χ2v) is 3.47. The van der Waals surface area contributed by atoms with E-state index in [9.17, 15) is 0 Å². The van der Waals surface area contributed by atoms with E-state index in [-0.39, 0.29) is 6.23 Å². The molecule has 2 heteroatoms. The Morgan fingerprint density at radius 2 is 2.23 bits per heavy atom. The quantitative estimate of drug-likeness (QED) is 0.653. The van der Waals surface area contributed by atoms with Crippen LogP contribution < -0.4 is 9.64 Å². The molecule has 1 atom stereocenters. The number of aryl methyl sites for hydroxylation is 1. The maximum absolute atomic E-state index is 5.69. The van der Waals surface area contributed by atoms with E-state index in [0.29, 0.717) is 0 Å². The summed E-state index contributed by atoms with van der Waals surface area (Å²) in [6, 6.07) is 6.32. The van der Waals surface area contributed by atoms with Crippen molar-refractivity contribution in [1.82, 2.24) is 0 Å². The van der Waals surface area contributed by atoms with E-state index in [2.05, 4.69) is 43.9 Å². The second kappa shape index (κ2) is 2.95. The fourth-order valence-corrected chi connectivity index (χ4v) is 1.82. The minimum Gasteiger partial charge on any atom is -0.469 e. The van der Waals surface area contributed by atoms with Gasteiger partial charge in [-0.1, -0.05) is 6.07 Å². The number of hydrogen-bond acceptors (Lipinski definition) is 2. The smallest absolute Gasteiger partial charge is 0.169 e. The highest BCUT2D eigenvalue weighted by molar-refractivity contribution is 5.63. The standard InChI is InChI=1S/C11H15NO/c1-4-12-9(3)13-11-6-5-8(2)7-10(11)12/h5-7,9H,4H2,1-3H3. The third kappa shape index (κ3) is 1.26. The Morgan fingerprint density at radius 3 is 2.92 bits per heavy atom. The van der Waals surface area contributed by atoms with E-state index in [1.807, 2.05) is 0 Å². The first-order valence-electron chi connectivity index (χ1n) is 4.76. The molecule has 0 spiro atoms. The molecule has 1 aliphatic heterocycles. The molecular weight excluding hydrogens is 162 g/mol. The predicted molar refractivity (Wildman–Crippen MR) is 54.3 cm³/mol. The molecule has 0 saturated heterocycles. The maximum Gasteiger partial charge on any atom is 0.169 e. The molecule has 13 heavy (non-hydrogen) atoms. The second-order valence-electron chi connectivity index (χ2n) is 3.47. The van der Waals surface area contributed by atoms with E-state index in [1.165, 1.54) is 11.3 Å². The van der Waals surface area contributed by atoms with Crippen LogP contribution in [0.2, 0.25) is 0 Å². The van der Waals surface area contributed by atoms with Gasteiger partial charge in [0.05, 0.1) is 5.69 Å². The van der Waals surface area contributed by atoms with Gasteiger partial charge in [0, 0.05) is 6.54 Å². The average Bonchev–Trinajstić information content (AvgIpc) is 2.40. The molecule has 0 saturated carbocycles. The summed E-state index contributed by atoms with van der Waals surface area (Å²) in [5.41, 5.74) is 2.52. The number of benzene rings is 1. The van der Waals surface area contributed by atoms with Crippen LogP contribution in [-0.2, 0) is 0 Å². The summed E-state index contributed by atoms with van der Waals surface area (Å²) in [6.07, 6.45) is 0.182. The minimum atomic E-state index is 0.182. The Balaban J connectivity index is 2.44. The van der Waals surface area contributed by atoms with Crippen LogP contribution in [0.3, 0.4) is 0 Å². The van der Waals surface area contributed by atoms with Gasteiger partial charge in [0.25, 0.3) is 0 Å². The molecule has 2 nitrogen and oxygen atoms in total. The van der Waals surface area contributed by atoms with Crippen molar-refractivity contribution in [1.29, 1.82) is 0 Å². The highest BCUT2D eigenvalue weighted by Crippen LogP contribution is 2.37. The summed E-state index contributed by atoms with van der Waals surface area (Å²) in [5.74, 6) is 1.01. The lowest BCUT2D eigenvalue weighted by Crippen LogP contribution is -2.31. The first-order chi connectivity index (χ1) is 6.22. The summed E-state index contributed by atoms with van der Waals surface area (Å²) in [6.45, 7) is 7.34. The van der Waals surface area contributed by atoms with Crippen LogP contribution in [0.15, 0.2) is 18.2 Å². The molecule has 70 valence electrons. The minimum absolute atomic E-state index is 0.182. The van der Waals surface area contributed by atoms with E-state index in [0.717, 1.165) is 12.3 Å². The Hall–Kier alpha value is -1.18. The molecule has 0 radical (unpaired) electrons. The molecule has 0 N–H and O–H groups in total.